The highest BCUT2D eigenvalue weighted by Gasteiger charge is 2.25. The van der Waals surface area contributed by atoms with Crippen LogP contribution in [0.3, 0.4) is 0 Å². The number of nitriles is 1. The van der Waals surface area contributed by atoms with Crippen molar-refractivity contribution in [3.63, 3.8) is 0 Å². The molecule has 2 aliphatic rings. The van der Waals surface area contributed by atoms with E-state index in [-0.39, 0.29) is 11.7 Å². The number of piperazine rings is 1. The molecule has 0 saturated carbocycles. The predicted octanol–water partition coefficient (Wildman–Crippen LogP) is 2.69. The summed E-state index contributed by atoms with van der Waals surface area (Å²) < 4.78 is 14.1. The van der Waals surface area contributed by atoms with Gasteiger partial charge in [0.1, 0.15) is 11.9 Å². The number of halogens is 1. The van der Waals surface area contributed by atoms with Crippen LogP contribution < -0.4 is 4.90 Å². The van der Waals surface area contributed by atoms with Crippen LogP contribution >= 0.6 is 0 Å². The van der Waals surface area contributed by atoms with Gasteiger partial charge in [-0.15, -0.1) is 0 Å². The van der Waals surface area contributed by atoms with E-state index < -0.39 is 0 Å². The molecule has 4 rings (SSSR count). The van der Waals surface area contributed by atoms with E-state index >= 15 is 0 Å². The van der Waals surface area contributed by atoms with Gasteiger partial charge in [0, 0.05) is 50.9 Å². The van der Waals surface area contributed by atoms with E-state index in [1.54, 1.807) is 6.20 Å². The van der Waals surface area contributed by atoms with Gasteiger partial charge in [0.05, 0.1) is 23.3 Å². The molecule has 6 nitrogen and oxygen atoms in total. The van der Waals surface area contributed by atoms with Crippen molar-refractivity contribution in [3.05, 3.63) is 35.3 Å². The molecule has 0 N–H and O–H groups in total. The fourth-order valence-corrected chi connectivity index (χ4v) is 4.41. The van der Waals surface area contributed by atoms with Gasteiger partial charge in [0.15, 0.2) is 0 Å². The number of likely N-dealkylation sites (tertiary alicyclic amines) is 1. The second-order valence-electron chi connectivity index (χ2n) is 7.96. The van der Waals surface area contributed by atoms with Crippen LogP contribution in [0.25, 0.3) is 10.9 Å². The maximum absolute atomic E-state index is 14.1. The van der Waals surface area contributed by atoms with Crippen molar-refractivity contribution < 1.29 is 9.18 Å². The number of aromatic nitrogens is 1. The Morgan fingerprint density at radius 1 is 1.14 bits per heavy atom. The molecule has 2 aliphatic heterocycles. The standard InChI is InChI=1S/C22H26FN5O/c1-16-11-18(23)12-19-21(16)25-14-17(13-24)22(19)28-9-7-26(8-10-28)15-20(29)27-5-3-2-4-6-27/h11-12,14H,2-10,15H2,1H3. The van der Waals surface area contributed by atoms with Crippen molar-refractivity contribution in [1.29, 1.82) is 5.26 Å². The van der Waals surface area contributed by atoms with E-state index in [9.17, 15) is 14.4 Å². The molecular weight excluding hydrogens is 369 g/mol. The minimum Gasteiger partial charge on any atom is -0.367 e. The molecule has 0 aliphatic carbocycles. The van der Waals surface area contributed by atoms with E-state index in [1.165, 1.54) is 18.6 Å². The summed E-state index contributed by atoms with van der Waals surface area (Å²) in [7, 11) is 0. The van der Waals surface area contributed by atoms with E-state index in [4.69, 9.17) is 0 Å². The van der Waals surface area contributed by atoms with Crippen LogP contribution in [-0.2, 0) is 4.79 Å². The molecular formula is C22H26FN5O. The number of benzene rings is 1. The average molecular weight is 395 g/mol. The molecule has 0 unspecified atom stereocenters. The number of pyridine rings is 1. The van der Waals surface area contributed by atoms with E-state index in [0.29, 0.717) is 30.6 Å². The Kier molecular flexibility index (Phi) is 5.63. The van der Waals surface area contributed by atoms with Gasteiger partial charge in [-0.2, -0.15) is 5.26 Å². The van der Waals surface area contributed by atoms with Gasteiger partial charge in [-0.05, 0) is 43.9 Å². The number of fused-ring (bicyclic) bond motifs is 1. The number of amides is 1. The Labute approximate surface area is 170 Å². The lowest BCUT2D eigenvalue weighted by atomic mass is 10.0. The van der Waals surface area contributed by atoms with Gasteiger partial charge in [0.25, 0.3) is 0 Å². The minimum atomic E-state index is -0.320. The molecule has 2 saturated heterocycles. The summed E-state index contributed by atoms with van der Waals surface area (Å²) in [6, 6.07) is 5.15. The smallest absolute Gasteiger partial charge is 0.236 e. The molecule has 0 radical (unpaired) electrons. The van der Waals surface area contributed by atoms with Crippen molar-refractivity contribution in [2.75, 3.05) is 50.7 Å². The Morgan fingerprint density at radius 2 is 1.86 bits per heavy atom. The SMILES string of the molecule is Cc1cc(F)cc2c(N3CCN(CC(=O)N4CCCCC4)CC3)c(C#N)cnc12. The highest BCUT2D eigenvalue weighted by Crippen LogP contribution is 2.32. The zero-order valence-corrected chi connectivity index (χ0v) is 16.8. The summed E-state index contributed by atoms with van der Waals surface area (Å²) in [5.41, 5.74) is 2.70. The van der Waals surface area contributed by atoms with Crippen LogP contribution in [-0.4, -0.2) is 66.5 Å². The average Bonchev–Trinajstić information content (AvgIpc) is 2.74. The topological polar surface area (TPSA) is 63.5 Å². The zero-order valence-electron chi connectivity index (χ0n) is 16.8. The number of rotatable bonds is 3. The van der Waals surface area contributed by atoms with Gasteiger partial charge in [0.2, 0.25) is 5.91 Å². The molecule has 29 heavy (non-hydrogen) atoms. The number of carbonyl (C=O) groups excluding carboxylic acids is 1. The Hall–Kier alpha value is -2.72. The van der Waals surface area contributed by atoms with Crippen molar-refractivity contribution in [2.45, 2.75) is 26.2 Å². The quantitative estimate of drug-likeness (QED) is 0.800. The van der Waals surface area contributed by atoms with Gasteiger partial charge in [-0.1, -0.05) is 0 Å². The van der Waals surface area contributed by atoms with Gasteiger partial charge >= 0.3 is 0 Å². The lowest BCUT2D eigenvalue weighted by Crippen LogP contribution is -2.51. The largest absolute Gasteiger partial charge is 0.367 e. The third-order valence-electron chi connectivity index (χ3n) is 5.97. The Morgan fingerprint density at radius 3 is 2.55 bits per heavy atom. The molecule has 0 bridgehead atoms. The van der Waals surface area contributed by atoms with Crippen LogP contribution in [0.1, 0.15) is 30.4 Å². The number of nitrogens with zero attached hydrogens (tertiary/aromatic N) is 5. The molecule has 1 amide bonds. The molecule has 152 valence electrons. The third-order valence-corrected chi connectivity index (χ3v) is 5.97. The molecule has 7 heteroatoms. The monoisotopic (exact) mass is 395 g/mol. The van der Waals surface area contributed by atoms with Crippen LogP contribution in [0.4, 0.5) is 10.1 Å². The molecule has 1 aromatic heterocycles. The van der Waals surface area contributed by atoms with Crippen LogP contribution in [0.5, 0.6) is 0 Å². The van der Waals surface area contributed by atoms with Crippen molar-refractivity contribution in [1.82, 2.24) is 14.8 Å². The van der Waals surface area contributed by atoms with Crippen molar-refractivity contribution in [3.8, 4) is 6.07 Å². The molecule has 1 aromatic carbocycles. The second-order valence-corrected chi connectivity index (χ2v) is 7.96. The second kappa shape index (κ2) is 8.34. The summed E-state index contributed by atoms with van der Waals surface area (Å²) in [6.07, 6.45) is 4.99. The highest BCUT2D eigenvalue weighted by molar-refractivity contribution is 5.96. The van der Waals surface area contributed by atoms with Crippen LogP contribution in [0.15, 0.2) is 18.3 Å². The normalized spacial score (nSPS) is 18.1. The summed E-state index contributed by atoms with van der Waals surface area (Å²) >= 11 is 0. The van der Waals surface area contributed by atoms with Crippen molar-refractivity contribution >= 4 is 22.5 Å². The number of hydrogen-bond donors (Lipinski definition) is 0. The fourth-order valence-electron chi connectivity index (χ4n) is 4.41. The molecule has 3 heterocycles. The maximum Gasteiger partial charge on any atom is 0.236 e. The summed E-state index contributed by atoms with van der Waals surface area (Å²) in [5.74, 6) is -0.109. The van der Waals surface area contributed by atoms with Crippen LogP contribution in [0, 0.1) is 24.1 Å². The van der Waals surface area contributed by atoms with E-state index in [1.807, 2.05) is 11.8 Å². The van der Waals surface area contributed by atoms with Gasteiger partial charge in [-0.25, -0.2) is 4.39 Å². The number of aryl methyl sites for hydroxylation is 1. The lowest BCUT2D eigenvalue weighted by Gasteiger charge is -2.37. The lowest BCUT2D eigenvalue weighted by molar-refractivity contribution is -0.133. The predicted molar refractivity (Wildman–Crippen MR) is 110 cm³/mol. The first-order chi connectivity index (χ1) is 14.1. The first kappa shape index (κ1) is 19.6. The number of carbonyl (C=O) groups is 1. The number of piperidine rings is 1. The van der Waals surface area contributed by atoms with Gasteiger partial charge in [-0.3, -0.25) is 14.7 Å². The maximum atomic E-state index is 14.1. The first-order valence-corrected chi connectivity index (χ1v) is 10.3. The molecule has 2 aromatic rings. The molecule has 0 atom stereocenters. The Bertz CT molecular complexity index is 956. The van der Waals surface area contributed by atoms with Crippen LogP contribution in [0.2, 0.25) is 0 Å². The molecule has 0 spiro atoms. The zero-order chi connectivity index (χ0) is 20.4. The minimum absolute atomic E-state index is 0.211. The third kappa shape index (κ3) is 4.03. The Balaban J connectivity index is 1.50. The van der Waals surface area contributed by atoms with E-state index in [0.717, 1.165) is 55.8 Å². The highest BCUT2D eigenvalue weighted by atomic mass is 19.1. The summed E-state index contributed by atoms with van der Waals surface area (Å²) in [6.45, 7) is 6.89. The summed E-state index contributed by atoms with van der Waals surface area (Å²) in [4.78, 5) is 23.2. The first-order valence-electron chi connectivity index (χ1n) is 10.3. The number of hydrogen-bond acceptors (Lipinski definition) is 5. The van der Waals surface area contributed by atoms with E-state index in [2.05, 4.69) is 20.9 Å². The fraction of sp³-hybridized carbons (Fsp3) is 0.500. The van der Waals surface area contributed by atoms with Gasteiger partial charge < -0.3 is 9.80 Å². The molecule has 2 fully saturated rings. The number of anilines is 1. The summed E-state index contributed by atoms with van der Waals surface area (Å²) in [5, 5.41) is 10.3. The van der Waals surface area contributed by atoms with Crippen molar-refractivity contribution in [2.24, 2.45) is 0 Å².